The average Bonchev–Trinajstić information content (AvgIpc) is 3.17. The minimum Gasteiger partial charge on any atom is -0.464 e. The third kappa shape index (κ3) is 5.14. The van der Waals surface area contributed by atoms with E-state index in [9.17, 15) is 9.59 Å². The normalized spacial score (nSPS) is 15.4. The maximum absolute atomic E-state index is 12.5. The number of piperazine rings is 1. The maximum Gasteiger partial charge on any atom is 0.328 e. The lowest BCUT2D eigenvalue weighted by atomic mass is 10.2. The number of carbonyl (C=O) groups is 2. The van der Waals surface area contributed by atoms with Crippen LogP contribution < -0.4 is 5.32 Å². The van der Waals surface area contributed by atoms with E-state index in [1.165, 1.54) is 5.56 Å². The zero-order chi connectivity index (χ0) is 23.4. The number of amides is 2. The Morgan fingerprint density at radius 3 is 2.67 bits per heavy atom. The molecule has 9 heteroatoms. The van der Waals surface area contributed by atoms with Gasteiger partial charge in [0.15, 0.2) is 5.65 Å². The van der Waals surface area contributed by atoms with Crippen LogP contribution in [-0.2, 0) is 16.1 Å². The lowest BCUT2D eigenvalue weighted by Crippen LogP contribution is -2.54. The SMILES string of the molecule is CCOC(=O)C(C)NC(=O)N1CCN(Cc2nc3cccnc3n2-c2cccc(C)c2)CC1. The van der Waals surface area contributed by atoms with Crippen LogP contribution in [0.3, 0.4) is 0 Å². The molecule has 0 spiro atoms. The van der Waals surface area contributed by atoms with Gasteiger partial charge in [0.25, 0.3) is 0 Å². The summed E-state index contributed by atoms with van der Waals surface area (Å²) in [6, 6.07) is 11.3. The number of imidazole rings is 1. The van der Waals surface area contributed by atoms with Crippen molar-refractivity contribution in [3.8, 4) is 5.69 Å². The van der Waals surface area contributed by atoms with E-state index in [2.05, 4.69) is 44.9 Å². The molecule has 1 aliphatic heterocycles. The third-order valence-corrected chi connectivity index (χ3v) is 5.75. The fraction of sp³-hybridized carbons (Fsp3) is 0.417. The molecule has 1 fully saturated rings. The van der Waals surface area contributed by atoms with Gasteiger partial charge in [-0.2, -0.15) is 0 Å². The molecule has 1 saturated heterocycles. The zero-order valence-electron chi connectivity index (χ0n) is 19.3. The quantitative estimate of drug-likeness (QED) is 0.580. The summed E-state index contributed by atoms with van der Waals surface area (Å²) < 4.78 is 7.07. The fourth-order valence-electron chi connectivity index (χ4n) is 4.02. The Balaban J connectivity index is 1.44. The van der Waals surface area contributed by atoms with E-state index in [0.717, 1.165) is 22.7 Å². The molecule has 1 aliphatic rings. The van der Waals surface area contributed by atoms with Crippen molar-refractivity contribution in [3.63, 3.8) is 0 Å². The summed E-state index contributed by atoms with van der Waals surface area (Å²) in [5, 5.41) is 2.72. The van der Waals surface area contributed by atoms with Crippen LogP contribution in [0.1, 0.15) is 25.2 Å². The van der Waals surface area contributed by atoms with Gasteiger partial charge in [0.1, 0.15) is 17.4 Å². The number of hydrogen-bond acceptors (Lipinski definition) is 6. The van der Waals surface area contributed by atoms with Crippen molar-refractivity contribution in [3.05, 3.63) is 54.0 Å². The molecule has 3 heterocycles. The van der Waals surface area contributed by atoms with Crippen molar-refractivity contribution in [2.75, 3.05) is 32.8 Å². The molecule has 2 aromatic heterocycles. The minimum atomic E-state index is -0.669. The van der Waals surface area contributed by atoms with Gasteiger partial charge in [0.05, 0.1) is 13.2 Å². The monoisotopic (exact) mass is 450 g/mol. The van der Waals surface area contributed by atoms with Crippen LogP contribution in [0, 0.1) is 6.92 Å². The Morgan fingerprint density at radius 2 is 1.94 bits per heavy atom. The summed E-state index contributed by atoms with van der Waals surface area (Å²) in [5.41, 5.74) is 3.91. The molecule has 1 aromatic carbocycles. The lowest BCUT2D eigenvalue weighted by Gasteiger charge is -2.35. The summed E-state index contributed by atoms with van der Waals surface area (Å²) in [6.07, 6.45) is 1.79. The molecule has 0 bridgehead atoms. The molecule has 33 heavy (non-hydrogen) atoms. The molecular weight excluding hydrogens is 420 g/mol. The van der Waals surface area contributed by atoms with Gasteiger partial charge in [-0.3, -0.25) is 9.47 Å². The minimum absolute atomic E-state index is 0.244. The molecule has 174 valence electrons. The molecule has 1 N–H and O–H groups in total. The first kappa shape index (κ1) is 22.7. The first-order chi connectivity index (χ1) is 16.0. The molecule has 9 nitrogen and oxygen atoms in total. The summed E-state index contributed by atoms with van der Waals surface area (Å²) in [7, 11) is 0. The highest BCUT2D eigenvalue weighted by molar-refractivity contribution is 5.83. The van der Waals surface area contributed by atoms with Crippen molar-refractivity contribution in [1.82, 2.24) is 29.7 Å². The van der Waals surface area contributed by atoms with Crippen molar-refractivity contribution in [1.29, 1.82) is 0 Å². The Bertz CT molecular complexity index is 1140. The number of benzene rings is 1. The number of rotatable bonds is 6. The average molecular weight is 451 g/mol. The van der Waals surface area contributed by atoms with Crippen LogP contribution in [0.4, 0.5) is 4.79 Å². The Kier molecular flexibility index (Phi) is 6.88. The van der Waals surface area contributed by atoms with Gasteiger partial charge in [-0.25, -0.2) is 19.6 Å². The van der Waals surface area contributed by atoms with E-state index in [4.69, 9.17) is 9.72 Å². The lowest BCUT2D eigenvalue weighted by molar-refractivity contribution is -0.144. The van der Waals surface area contributed by atoms with Gasteiger partial charge < -0.3 is 15.0 Å². The molecule has 0 aliphatic carbocycles. The number of hydrogen-bond donors (Lipinski definition) is 1. The number of esters is 1. The van der Waals surface area contributed by atoms with E-state index in [-0.39, 0.29) is 6.03 Å². The largest absolute Gasteiger partial charge is 0.464 e. The molecule has 3 aromatic rings. The second kappa shape index (κ2) is 9.99. The van der Waals surface area contributed by atoms with Crippen LogP contribution in [0.2, 0.25) is 0 Å². The van der Waals surface area contributed by atoms with Crippen LogP contribution in [0.15, 0.2) is 42.6 Å². The van der Waals surface area contributed by atoms with Gasteiger partial charge in [-0.15, -0.1) is 0 Å². The molecule has 1 atom stereocenters. The number of aryl methyl sites for hydroxylation is 1. The highest BCUT2D eigenvalue weighted by Crippen LogP contribution is 2.22. The zero-order valence-corrected chi connectivity index (χ0v) is 19.3. The highest BCUT2D eigenvalue weighted by Gasteiger charge is 2.25. The van der Waals surface area contributed by atoms with Gasteiger partial charge in [0.2, 0.25) is 0 Å². The predicted molar refractivity (Wildman–Crippen MR) is 125 cm³/mol. The van der Waals surface area contributed by atoms with E-state index in [1.807, 2.05) is 18.2 Å². The van der Waals surface area contributed by atoms with Crippen molar-refractivity contribution in [2.24, 2.45) is 0 Å². The smallest absolute Gasteiger partial charge is 0.328 e. The molecule has 4 rings (SSSR count). The number of carbonyl (C=O) groups excluding carboxylic acids is 2. The van der Waals surface area contributed by atoms with Crippen LogP contribution >= 0.6 is 0 Å². The fourth-order valence-corrected chi connectivity index (χ4v) is 4.02. The van der Waals surface area contributed by atoms with Crippen molar-refractivity contribution < 1.29 is 14.3 Å². The summed E-state index contributed by atoms with van der Waals surface area (Å²) >= 11 is 0. The number of pyridine rings is 1. The number of urea groups is 1. The Morgan fingerprint density at radius 1 is 1.15 bits per heavy atom. The molecule has 1 unspecified atom stereocenters. The summed E-state index contributed by atoms with van der Waals surface area (Å²) in [4.78, 5) is 37.8. The van der Waals surface area contributed by atoms with Gasteiger partial charge in [-0.05, 0) is 50.6 Å². The number of ether oxygens (including phenoxy) is 1. The summed E-state index contributed by atoms with van der Waals surface area (Å²) in [5.74, 6) is 0.497. The number of fused-ring (bicyclic) bond motifs is 1. The second-order valence-electron chi connectivity index (χ2n) is 8.24. The summed E-state index contributed by atoms with van der Waals surface area (Å²) in [6.45, 7) is 8.97. The van der Waals surface area contributed by atoms with Crippen LogP contribution in [0.25, 0.3) is 16.9 Å². The Labute approximate surface area is 193 Å². The Hall–Kier alpha value is -3.46. The third-order valence-electron chi connectivity index (χ3n) is 5.75. The predicted octanol–water partition coefficient (Wildman–Crippen LogP) is 2.51. The first-order valence-corrected chi connectivity index (χ1v) is 11.3. The van der Waals surface area contributed by atoms with E-state index in [1.54, 1.807) is 24.9 Å². The van der Waals surface area contributed by atoms with Crippen LogP contribution in [-0.4, -0.2) is 75.2 Å². The molecular formula is C24H30N6O3. The van der Waals surface area contributed by atoms with E-state index in [0.29, 0.717) is 39.3 Å². The maximum atomic E-state index is 12.5. The van der Waals surface area contributed by atoms with E-state index < -0.39 is 12.0 Å². The van der Waals surface area contributed by atoms with Gasteiger partial charge >= 0.3 is 12.0 Å². The highest BCUT2D eigenvalue weighted by atomic mass is 16.5. The topological polar surface area (TPSA) is 92.6 Å². The molecule has 0 saturated carbocycles. The van der Waals surface area contributed by atoms with Gasteiger partial charge in [0, 0.05) is 38.1 Å². The molecule has 2 amide bonds. The first-order valence-electron chi connectivity index (χ1n) is 11.3. The van der Waals surface area contributed by atoms with E-state index >= 15 is 0 Å². The standard InChI is InChI=1S/C24H30N6O3/c1-4-33-23(31)18(3)26-24(32)29-13-11-28(12-14-29)16-21-27-20-9-6-10-25-22(20)30(21)19-8-5-7-17(2)15-19/h5-10,15,18H,4,11-14,16H2,1-3H3,(H,26,32). The van der Waals surface area contributed by atoms with Gasteiger partial charge in [-0.1, -0.05) is 12.1 Å². The number of nitrogens with one attached hydrogen (secondary N) is 1. The van der Waals surface area contributed by atoms with Crippen molar-refractivity contribution in [2.45, 2.75) is 33.4 Å². The second-order valence-corrected chi connectivity index (χ2v) is 8.24. The number of aromatic nitrogens is 3. The number of nitrogens with zero attached hydrogens (tertiary/aromatic N) is 5. The van der Waals surface area contributed by atoms with Crippen LogP contribution in [0.5, 0.6) is 0 Å². The molecule has 0 radical (unpaired) electrons. The van der Waals surface area contributed by atoms with Crippen molar-refractivity contribution >= 4 is 23.2 Å².